The van der Waals surface area contributed by atoms with Crippen LogP contribution in [0.25, 0.3) is 0 Å². The molecule has 1 aliphatic rings. The number of carboxylic acid groups (broad SMARTS) is 1. The van der Waals surface area contributed by atoms with Gasteiger partial charge in [-0.25, -0.2) is 4.79 Å². The highest BCUT2D eigenvalue weighted by atomic mass is 79.9. The van der Waals surface area contributed by atoms with Crippen molar-refractivity contribution >= 4 is 27.6 Å². The molecule has 1 aromatic carbocycles. The fraction of sp³-hybridized carbons (Fsp3) is 0.500. The Morgan fingerprint density at radius 2 is 2.17 bits per heavy atom. The average Bonchev–Trinajstić information content (AvgIpc) is 2.28. The molecule has 1 aromatic rings. The molecule has 0 bridgehead atoms. The molecule has 0 heterocycles. The number of hydrogen-bond acceptors (Lipinski definition) is 2. The smallest absolute Gasteiger partial charge is 0.335 e. The standard InChI is InChI=1S/C14H18BrNO2/c1-9-3-2-4-12(5-9)16-13-7-10(14(17)18)6-11(15)8-13/h6-9,12,16H,2-5H2,1H3,(H,17,18). The molecular formula is C14H18BrNO2. The first kappa shape index (κ1) is 13.4. The van der Waals surface area contributed by atoms with Gasteiger partial charge in [-0.1, -0.05) is 35.7 Å². The van der Waals surface area contributed by atoms with E-state index in [9.17, 15) is 4.79 Å². The van der Waals surface area contributed by atoms with E-state index in [0.717, 1.165) is 22.5 Å². The number of nitrogens with one attached hydrogen (secondary N) is 1. The molecule has 4 heteroatoms. The van der Waals surface area contributed by atoms with Crippen LogP contribution in [0.15, 0.2) is 22.7 Å². The van der Waals surface area contributed by atoms with Crippen LogP contribution in [-0.2, 0) is 0 Å². The third-order valence-electron chi connectivity index (χ3n) is 3.45. The number of rotatable bonds is 3. The zero-order valence-electron chi connectivity index (χ0n) is 10.4. The summed E-state index contributed by atoms with van der Waals surface area (Å²) < 4.78 is 0.800. The monoisotopic (exact) mass is 311 g/mol. The maximum Gasteiger partial charge on any atom is 0.335 e. The highest BCUT2D eigenvalue weighted by Crippen LogP contribution is 2.27. The van der Waals surface area contributed by atoms with Gasteiger partial charge < -0.3 is 10.4 Å². The summed E-state index contributed by atoms with van der Waals surface area (Å²) in [4.78, 5) is 11.0. The number of benzene rings is 1. The number of carboxylic acids is 1. The minimum atomic E-state index is -0.892. The van der Waals surface area contributed by atoms with Crippen molar-refractivity contribution in [1.29, 1.82) is 0 Å². The van der Waals surface area contributed by atoms with Crippen molar-refractivity contribution in [3.05, 3.63) is 28.2 Å². The Balaban J connectivity index is 2.10. The van der Waals surface area contributed by atoms with Crippen LogP contribution in [0.5, 0.6) is 0 Å². The molecule has 2 rings (SSSR count). The zero-order valence-corrected chi connectivity index (χ0v) is 12.0. The van der Waals surface area contributed by atoms with E-state index < -0.39 is 5.97 Å². The Morgan fingerprint density at radius 3 is 2.83 bits per heavy atom. The molecule has 2 atom stereocenters. The van der Waals surface area contributed by atoms with Crippen LogP contribution in [-0.4, -0.2) is 17.1 Å². The topological polar surface area (TPSA) is 49.3 Å². The van der Waals surface area contributed by atoms with E-state index >= 15 is 0 Å². The molecular weight excluding hydrogens is 294 g/mol. The van der Waals surface area contributed by atoms with E-state index in [1.807, 2.05) is 6.07 Å². The molecule has 2 unspecified atom stereocenters. The van der Waals surface area contributed by atoms with Crippen molar-refractivity contribution in [2.75, 3.05) is 5.32 Å². The Labute approximate surface area is 116 Å². The predicted octanol–water partition coefficient (Wildman–Crippen LogP) is 4.14. The summed E-state index contributed by atoms with van der Waals surface area (Å²) in [6.07, 6.45) is 4.88. The van der Waals surface area contributed by atoms with E-state index in [0.29, 0.717) is 11.6 Å². The summed E-state index contributed by atoms with van der Waals surface area (Å²) in [6, 6.07) is 5.72. The lowest BCUT2D eigenvalue weighted by Gasteiger charge is -2.28. The van der Waals surface area contributed by atoms with Gasteiger partial charge >= 0.3 is 5.97 Å². The molecule has 1 aliphatic carbocycles. The number of halogens is 1. The number of anilines is 1. The second-order valence-electron chi connectivity index (χ2n) is 5.15. The van der Waals surface area contributed by atoms with Crippen LogP contribution in [0.3, 0.4) is 0 Å². The minimum Gasteiger partial charge on any atom is -0.478 e. The molecule has 0 saturated heterocycles. The zero-order chi connectivity index (χ0) is 13.1. The predicted molar refractivity (Wildman–Crippen MR) is 76.1 cm³/mol. The molecule has 1 fully saturated rings. The maximum atomic E-state index is 11.0. The first-order chi connectivity index (χ1) is 8.54. The van der Waals surface area contributed by atoms with E-state index in [1.165, 1.54) is 19.3 Å². The number of aromatic carboxylic acids is 1. The summed E-state index contributed by atoms with van der Waals surface area (Å²) in [5, 5.41) is 12.5. The van der Waals surface area contributed by atoms with Crippen LogP contribution in [0, 0.1) is 5.92 Å². The van der Waals surface area contributed by atoms with Crippen molar-refractivity contribution < 1.29 is 9.90 Å². The van der Waals surface area contributed by atoms with Gasteiger partial charge in [0.1, 0.15) is 0 Å². The number of hydrogen-bond donors (Lipinski definition) is 2. The van der Waals surface area contributed by atoms with Crippen LogP contribution in [0.2, 0.25) is 0 Å². The molecule has 0 amide bonds. The largest absolute Gasteiger partial charge is 0.478 e. The first-order valence-electron chi connectivity index (χ1n) is 6.35. The van der Waals surface area contributed by atoms with Crippen molar-refractivity contribution in [3.8, 4) is 0 Å². The summed E-state index contributed by atoms with van der Waals surface area (Å²) in [6.45, 7) is 2.28. The van der Waals surface area contributed by atoms with Crippen LogP contribution < -0.4 is 5.32 Å². The number of carbonyl (C=O) groups is 1. The molecule has 3 nitrogen and oxygen atoms in total. The molecule has 98 valence electrons. The van der Waals surface area contributed by atoms with Crippen molar-refractivity contribution in [1.82, 2.24) is 0 Å². The lowest BCUT2D eigenvalue weighted by Crippen LogP contribution is -2.26. The molecule has 18 heavy (non-hydrogen) atoms. The van der Waals surface area contributed by atoms with Gasteiger partial charge in [0, 0.05) is 16.2 Å². The normalized spacial score (nSPS) is 23.7. The fourth-order valence-electron chi connectivity index (χ4n) is 2.60. The van der Waals surface area contributed by atoms with E-state index in [4.69, 9.17) is 5.11 Å². The van der Waals surface area contributed by atoms with Gasteiger partial charge in [-0.15, -0.1) is 0 Å². The molecule has 2 N–H and O–H groups in total. The van der Waals surface area contributed by atoms with Crippen LogP contribution >= 0.6 is 15.9 Å². The third-order valence-corrected chi connectivity index (χ3v) is 3.91. The van der Waals surface area contributed by atoms with Gasteiger partial charge in [0.25, 0.3) is 0 Å². The molecule has 0 aliphatic heterocycles. The Bertz CT molecular complexity index is 447. The molecule has 0 aromatic heterocycles. The summed E-state index contributed by atoms with van der Waals surface area (Å²) in [5.41, 5.74) is 1.21. The molecule has 1 saturated carbocycles. The highest BCUT2D eigenvalue weighted by molar-refractivity contribution is 9.10. The van der Waals surface area contributed by atoms with Crippen LogP contribution in [0.4, 0.5) is 5.69 Å². The van der Waals surface area contributed by atoms with Crippen LogP contribution in [0.1, 0.15) is 43.0 Å². The first-order valence-corrected chi connectivity index (χ1v) is 7.14. The molecule has 0 spiro atoms. The highest BCUT2D eigenvalue weighted by Gasteiger charge is 2.19. The summed E-state index contributed by atoms with van der Waals surface area (Å²) >= 11 is 3.35. The van der Waals surface area contributed by atoms with Crippen molar-refractivity contribution in [2.45, 2.75) is 38.6 Å². The van der Waals surface area contributed by atoms with Crippen molar-refractivity contribution in [3.63, 3.8) is 0 Å². The van der Waals surface area contributed by atoms with E-state index in [1.54, 1.807) is 12.1 Å². The summed E-state index contributed by atoms with van der Waals surface area (Å²) in [5.74, 6) is -0.140. The Morgan fingerprint density at radius 1 is 1.39 bits per heavy atom. The van der Waals surface area contributed by atoms with Crippen molar-refractivity contribution in [2.24, 2.45) is 5.92 Å². The van der Waals surface area contributed by atoms with Gasteiger partial charge in [-0.05, 0) is 37.0 Å². The Kier molecular flexibility index (Phi) is 4.27. The van der Waals surface area contributed by atoms with Gasteiger partial charge in [0.15, 0.2) is 0 Å². The van der Waals surface area contributed by atoms with Gasteiger partial charge in [0.05, 0.1) is 5.56 Å². The second kappa shape index (κ2) is 5.74. The quantitative estimate of drug-likeness (QED) is 0.882. The maximum absolute atomic E-state index is 11.0. The average molecular weight is 312 g/mol. The summed E-state index contributed by atoms with van der Waals surface area (Å²) in [7, 11) is 0. The van der Waals surface area contributed by atoms with E-state index in [-0.39, 0.29) is 0 Å². The second-order valence-corrected chi connectivity index (χ2v) is 6.06. The lowest BCUT2D eigenvalue weighted by atomic mass is 9.87. The fourth-order valence-corrected chi connectivity index (χ4v) is 3.09. The lowest BCUT2D eigenvalue weighted by molar-refractivity contribution is 0.0697. The minimum absolute atomic E-state index is 0.315. The van der Waals surface area contributed by atoms with Gasteiger partial charge in [0.2, 0.25) is 0 Å². The Hall–Kier alpha value is -1.03. The van der Waals surface area contributed by atoms with E-state index in [2.05, 4.69) is 28.2 Å². The van der Waals surface area contributed by atoms with Gasteiger partial charge in [-0.2, -0.15) is 0 Å². The van der Waals surface area contributed by atoms with Gasteiger partial charge in [-0.3, -0.25) is 0 Å². The molecule has 0 radical (unpaired) electrons. The SMILES string of the molecule is CC1CCCC(Nc2cc(Br)cc(C(=O)O)c2)C1. The third kappa shape index (κ3) is 3.48.